The van der Waals surface area contributed by atoms with E-state index in [9.17, 15) is 18.0 Å². The van der Waals surface area contributed by atoms with Crippen molar-refractivity contribution in [2.75, 3.05) is 24.6 Å². The molecular weight excluding hydrogens is 336 g/mol. The van der Waals surface area contributed by atoms with Crippen LogP contribution in [0.1, 0.15) is 28.9 Å². The van der Waals surface area contributed by atoms with Crippen LogP contribution in [-0.2, 0) is 14.6 Å². The Hall–Kier alpha value is -1.41. The normalized spacial score (nSPS) is 26.9. The van der Waals surface area contributed by atoms with Gasteiger partial charge in [-0.05, 0) is 30.7 Å². The van der Waals surface area contributed by atoms with Crippen molar-refractivity contribution in [3.63, 3.8) is 0 Å². The van der Waals surface area contributed by atoms with E-state index < -0.39 is 9.84 Å². The average molecular weight is 356 g/mol. The fourth-order valence-corrected chi connectivity index (χ4v) is 5.52. The van der Waals surface area contributed by atoms with Crippen LogP contribution in [0, 0.1) is 5.92 Å². The predicted molar refractivity (Wildman–Crippen MR) is 88.1 cm³/mol. The van der Waals surface area contributed by atoms with Gasteiger partial charge in [0.05, 0.1) is 22.3 Å². The molecule has 0 unspecified atom stereocenters. The van der Waals surface area contributed by atoms with Gasteiger partial charge in [0.2, 0.25) is 5.91 Å². The number of nitrogens with zero attached hydrogens (tertiary/aromatic N) is 1. The summed E-state index contributed by atoms with van der Waals surface area (Å²) in [5.41, 5.74) is 0. The first-order chi connectivity index (χ1) is 10.9. The Morgan fingerprint density at radius 1 is 1.30 bits per heavy atom. The molecule has 23 heavy (non-hydrogen) atoms. The lowest BCUT2D eigenvalue weighted by Crippen LogP contribution is -2.47. The Labute approximate surface area is 139 Å². The molecule has 0 bridgehead atoms. The minimum absolute atomic E-state index is 0.0269. The van der Waals surface area contributed by atoms with Gasteiger partial charge in [-0.1, -0.05) is 6.07 Å². The van der Waals surface area contributed by atoms with E-state index in [1.54, 1.807) is 11.0 Å². The molecule has 2 atom stereocenters. The molecule has 6 nitrogen and oxygen atoms in total. The number of amides is 2. The van der Waals surface area contributed by atoms with Crippen molar-refractivity contribution in [2.45, 2.75) is 25.3 Å². The third kappa shape index (κ3) is 3.92. The monoisotopic (exact) mass is 356 g/mol. The molecule has 1 N–H and O–H groups in total. The van der Waals surface area contributed by atoms with Crippen molar-refractivity contribution in [1.82, 2.24) is 10.2 Å². The highest BCUT2D eigenvalue weighted by Crippen LogP contribution is 2.21. The molecule has 0 radical (unpaired) electrons. The number of hydrogen-bond acceptors (Lipinski definition) is 5. The number of hydrogen-bond donors (Lipinski definition) is 1. The molecule has 0 spiro atoms. The van der Waals surface area contributed by atoms with Crippen molar-refractivity contribution in [3.05, 3.63) is 22.4 Å². The number of rotatable bonds is 3. The standard InChI is InChI=1S/C15H20N2O4S2/c18-14(16-12-5-8-23(20,21)10-12)11-3-1-6-17(9-11)15(19)13-4-2-7-22-13/h2,4,7,11-12H,1,3,5-6,8-10H2,(H,16,18)/t11-,12-/m0/s1. The van der Waals surface area contributed by atoms with Crippen molar-refractivity contribution < 1.29 is 18.0 Å². The second-order valence-corrected chi connectivity index (χ2v) is 9.35. The molecule has 0 aliphatic carbocycles. The summed E-state index contributed by atoms with van der Waals surface area (Å²) in [6.07, 6.45) is 2.01. The SMILES string of the molecule is O=C(N[C@H]1CCS(=O)(=O)C1)[C@H]1CCCN(C(=O)c2cccs2)C1. The smallest absolute Gasteiger partial charge is 0.263 e. The van der Waals surface area contributed by atoms with Crippen molar-refractivity contribution >= 4 is 33.0 Å². The maximum atomic E-state index is 12.4. The minimum Gasteiger partial charge on any atom is -0.352 e. The number of nitrogens with one attached hydrogen (secondary N) is 1. The lowest BCUT2D eigenvalue weighted by Gasteiger charge is -2.32. The zero-order valence-corrected chi connectivity index (χ0v) is 14.4. The van der Waals surface area contributed by atoms with Gasteiger partial charge in [0, 0.05) is 19.1 Å². The van der Waals surface area contributed by atoms with E-state index in [4.69, 9.17) is 0 Å². The fourth-order valence-electron chi connectivity index (χ4n) is 3.16. The van der Waals surface area contributed by atoms with Crippen LogP contribution in [0.4, 0.5) is 0 Å². The first-order valence-electron chi connectivity index (χ1n) is 7.78. The molecule has 126 valence electrons. The van der Waals surface area contributed by atoms with E-state index in [1.165, 1.54) is 11.3 Å². The molecule has 2 aliphatic heterocycles. The number of carbonyl (C=O) groups excluding carboxylic acids is 2. The van der Waals surface area contributed by atoms with Gasteiger partial charge >= 0.3 is 0 Å². The van der Waals surface area contributed by atoms with Gasteiger partial charge in [0.25, 0.3) is 5.91 Å². The molecule has 1 aromatic heterocycles. The molecule has 2 aliphatic rings. The van der Waals surface area contributed by atoms with E-state index in [2.05, 4.69) is 5.32 Å². The topological polar surface area (TPSA) is 83.6 Å². The first kappa shape index (κ1) is 16.4. The number of likely N-dealkylation sites (tertiary alicyclic amines) is 1. The summed E-state index contributed by atoms with van der Waals surface area (Å²) in [5, 5.41) is 4.71. The van der Waals surface area contributed by atoms with Gasteiger partial charge in [0.15, 0.2) is 9.84 Å². The lowest BCUT2D eigenvalue weighted by atomic mass is 9.96. The van der Waals surface area contributed by atoms with Gasteiger partial charge in [0.1, 0.15) is 0 Å². The lowest BCUT2D eigenvalue weighted by molar-refractivity contribution is -0.126. The number of thiophene rings is 1. The van der Waals surface area contributed by atoms with Gasteiger partial charge in [-0.3, -0.25) is 9.59 Å². The largest absolute Gasteiger partial charge is 0.352 e. The Kier molecular flexibility index (Phi) is 4.72. The Morgan fingerprint density at radius 3 is 2.78 bits per heavy atom. The van der Waals surface area contributed by atoms with Crippen LogP contribution in [0.3, 0.4) is 0 Å². The van der Waals surface area contributed by atoms with Crippen LogP contribution >= 0.6 is 11.3 Å². The zero-order valence-electron chi connectivity index (χ0n) is 12.7. The third-order valence-corrected chi connectivity index (χ3v) is 7.02. The Morgan fingerprint density at radius 2 is 2.13 bits per heavy atom. The second kappa shape index (κ2) is 6.60. The first-order valence-corrected chi connectivity index (χ1v) is 10.5. The zero-order chi connectivity index (χ0) is 16.4. The van der Waals surface area contributed by atoms with Gasteiger partial charge < -0.3 is 10.2 Å². The average Bonchev–Trinajstić information content (AvgIpc) is 3.16. The van der Waals surface area contributed by atoms with Gasteiger partial charge in [-0.2, -0.15) is 0 Å². The van der Waals surface area contributed by atoms with Crippen LogP contribution in [0.5, 0.6) is 0 Å². The number of carbonyl (C=O) groups is 2. The van der Waals surface area contributed by atoms with Gasteiger partial charge in [-0.15, -0.1) is 11.3 Å². The van der Waals surface area contributed by atoms with Gasteiger partial charge in [-0.25, -0.2) is 8.42 Å². The predicted octanol–water partition coefficient (Wildman–Crippen LogP) is 0.904. The summed E-state index contributed by atoms with van der Waals surface area (Å²) in [6.45, 7) is 1.07. The van der Waals surface area contributed by atoms with Crippen LogP contribution in [0.2, 0.25) is 0 Å². The maximum absolute atomic E-state index is 12.4. The van der Waals surface area contributed by atoms with Crippen LogP contribution in [0.15, 0.2) is 17.5 Å². The molecule has 1 aromatic rings. The minimum atomic E-state index is -3.00. The summed E-state index contributed by atoms with van der Waals surface area (Å²) in [6, 6.07) is 3.35. The highest BCUT2D eigenvalue weighted by Gasteiger charge is 2.33. The Balaban J connectivity index is 1.58. The summed E-state index contributed by atoms with van der Waals surface area (Å²) in [5.74, 6) is -0.234. The summed E-state index contributed by atoms with van der Waals surface area (Å²) in [4.78, 5) is 27.2. The highest BCUT2D eigenvalue weighted by atomic mass is 32.2. The third-order valence-electron chi connectivity index (χ3n) is 4.39. The van der Waals surface area contributed by atoms with Crippen LogP contribution < -0.4 is 5.32 Å². The van der Waals surface area contributed by atoms with Crippen molar-refractivity contribution in [1.29, 1.82) is 0 Å². The van der Waals surface area contributed by atoms with E-state index in [0.29, 0.717) is 24.4 Å². The summed E-state index contributed by atoms with van der Waals surface area (Å²) < 4.78 is 22.9. The number of piperidine rings is 1. The van der Waals surface area contributed by atoms with E-state index >= 15 is 0 Å². The van der Waals surface area contributed by atoms with E-state index in [1.807, 2.05) is 11.4 Å². The van der Waals surface area contributed by atoms with Crippen molar-refractivity contribution in [2.24, 2.45) is 5.92 Å². The summed E-state index contributed by atoms with van der Waals surface area (Å²) >= 11 is 1.40. The molecule has 2 amide bonds. The molecular formula is C15H20N2O4S2. The van der Waals surface area contributed by atoms with E-state index in [0.717, 1.165) is 12.8 Å². The molecule has 2 fully saturated rings. The van der Waals surface area contributed by atoms with Crippen LogP contribution in [0.25, 0.3) is 0 Å². The van der Waals surface area contributed by atoms with Crippen LogP contribution in [-0.4, -0.2) is 55.8 Å². The van der Waals surface area contributed by atoms with E-state index in [-0.39, 0.29) is 35.3 Å². The Bertz CT molecular complexity index is 684. The maximum Gasteiger partial charge on any atom is 0.263 e. The molecule has 0 aromatic carbocycles. The number of sulfone groups is 1. The molecule has 2 saturated heterocycles. The summed E-state index contributed by atoms with van der Waals surface area (Å²) in [7, 11) is -3.00. The quantitative estimate of drug-likeness (QED) is 0.872. The molecule has 3 heterocycles. The van der Waals surface area contributed by atoms with Crippen molar-refractivity contribution in [3.8, 4) is 0 Å². The fraction of sp³-hybridized carbons (Fsp3) is 0.600. The molecule has 0 saturated carbocycles. The molecule has 3 rings (SSSR count). The molecule has 8 heteroatoms. The highest BCUT2D eigenvalue weighted by molar-refractivity contribution is 7.91. The second-order valence-electron chi connectivity index (χ2n) is 6.18.